The molecule has 1 saturated carbocycles. The van der Waals surface area contributed by atoms with Crippen LogP contribution in [0.25, 0.3) is 0 Å². The third-order valence-corrected chi connectivity index (χ3v) is 5.25. The second-order valence-corrected chi connectivity index (χ2v) is 6.90. The van der Waals surface area contributed by atoms with E-state index in [-0.39, 0.29) is 0 Å². The Morgan fingerprint density at radius 2 is 2.00 bits per heavy atom. The van der Waals surface area contributed by atoms with Gasteiger partial charge in [0, 0.05) is 49.5 Å². The largest absolute Gasteiger partial charge is 0.350 e. The lowest BCUT2D eigenvalue weighted by Gasteiger charge is -2.39. The lowest BCUT2D eigenvalue weighted by Crippen LogP contribution is -2.46. The van der Waals surface area contributed by atoms with Gasteiger partial charge in [0.25, 0.3) is 0 Å². The van der Waals surface area contributed by atoms with Crippen molar-refractivity contribution < 1.29 is 0 Å². The van der Waals surface area contributed by atoms with E-state index in [0.29, 0.717) is 12.1 Å². The van der Waals surface area contributed by atoms with Crippen molar-refractivity contribution in [1.82, 2.24) is 19.2 Å². The van der Waals surface area contributed by atoms with Gasteiger partial charge in [-0.3, -0.25) is 4.90 Å². The Bertz CT molecular complexity index is 576. The van der Waals surface area contributed by atoms with E-state index in [1.165, 1.54) is 31.2 Å². The van der Waals surface area contributed by atoms with Gasteiger partial charge >= 0.3 is 0 Å². The predicted octanol–water partition coefficient (Wildman–Crippen LogP) is 2.57. The molecule has 6 heteroatoms. The van der Waals surface area contributed by atoms with Crippen LogP contribution in [0.15, 0.2) is 30.2 Å². The highest BCUT2D eigenvalue weighted by molar-refractivity contribution is 7.03. The van der Waals surface area contributed by atoms with Crippen LogP contribution in [0.4, 0.5) is 5.82 Å². The SMILES string of the molecule is c1cc(N(C2CC2)C2CCN(Cc3cnsc3)CC2)ncn1. The molecule has 0 N–H and O–H groups in total. The zero-order chi connectivity index (χ0) is 14.8. The fourth-order valence-electron chi connectivity index (χ4n) is 3.38. The molecule has 1 saturated heterocycles. The topological polar surface area (TPSA) is 45.2 Å². The minimum Gasteiger partial charge on any atom is -0.350 e. The van der Waals surface area contributed by atoms with Crippen LogP contribution in [0.1, 0.15) is 31.2 Å². The predicted molar refractivity (Wildman–Crippen MR) is 87.9 cm³/mol. The summed E-state index contributed by atoms with van der Waals surface area (Å²) < 4.78 is 4.19. The maximum absolute atomic E-state index is 4.49. The van der Waals surface area contributed by atoms with E-state index in [0.717, 1.165) is 25.5 Å². The van der Waals surface area contributed by atoms with Crippen molar-refractivity contribution in [3.05, 3.63) is 35.7 Å². The molecule has 0 bridgehead atoms. The summed E-state index contributed by atoms with van der Waals surface area (Å²) in [6.45, 7) is 3.36. The van der Waals surface area contributed by atoms with Gasteiger partial charge in [-0.2, -0.15) is 0 Å². The van der Waals surface area contributed by atoms with Gasteiger partial charge in [0.15, 0.2) is 0 Å². The van der Waals surface area contributed by atoms with Gasteiger partial charge in [-0.15, -0.1) is 0 Å². The van der Waals surface area contributed by atoms with Crippen LogP contribution in [-0.2, 0) is 6.54 Å². The summed E-state index contributed by atoms with van der Waals surface area (Å²) in [5, 5.41) is 2.16. The van der Waals surface area contributed by atoms with Crippen LogP contribution in [0, 0.1) is 0 Å². The van der Waals surface area contributed by atoms with Crippen molar-refractivity contribution in [1.29, 1.82) is 0 Å². The Morgan fingerprint density at radius 3 is 2.64 bits per heavy atom. The van der Waals surface area contributed by atoms with E-state index in [4.69, 9.17) is 0 Å². The van der Waals surface area contributed by atoms with Crippen molar-refractivity contribution in [3.8, 4) is 0 Å². The number of likely N-dealkylation sites (tertiary alicyclic amines) is 1. The van der Waals surface area contributed by atoms with Gasteiger partial charge in [-0.1, -0.05) is 0 Å². The molecule has 1 aliphatic heterocycles. The highest BCUT2D eigenvalue weighted by Crippen LogP contribution is 2.35. The van der Waals surface area contributed by atoms with Crippen molar-refractivity contribution in [2.24, 2.45) is 0 Å². The number of piperidine rings is 1. The number of hydrogen-bond acceptors (Lipinski definition) is 6. The van der Waals surface area contributed by atoms with E-state index in [9.17, 15) is 0 Å². The molecule has 22 heavy (non-hydrogen) atoms. The summed E-state index contributed by atoms with van der Waals surface area (Å²) in [6.07, 6.45) is 10.6. The highest BCUT2D eigenvalue weighted by atomic mass is 32.1. The summed E-state index contributed by atoms with van der Waals surface area (Å²) in [7, 11) is 0. The van der Waals surface area contributed by atoms with Crippen LogP contribution >= 0.6 is 11.5 Å². The van der Waals surface area contributed by atoms with Crippen molar-refractivity contribution in [2.45, 2.75) is 44.3 Å². The molecule has 0 radical (unpaired) electrons. The average Bonchev–Trinajstić information content (AvgIpc) is 3.26. The molecule has 0 aromatic carbocycles. The first-order valence-corrected chi connectivity index (χ1v) is 8.89. The van der Waals surface area contributed by atoms with Crippen LogP contribution < -0.4 is 4.90 Å². The molecule has 4 rings (SSSR count). The molecule has 0 spiro atoms. The maximum atomic E-state index is 4.49. The smallest absolute Gasteiger partial charge is 0.132 e. The molecule has 0 atom stereocenters. The molecule has 2 fully saturated rings. The van der Waals surface area contributed by atoms with Crippen LogP contribution in [0.5, 0.6) is 0 Å². The molecule has 0 unspecified atom stereocenters. The van der Waals surface area contributed by atoms with Crippen LogP contribution in [0.2, 0.25) is 0 Å². The fraction of sp³-hybridized carbons (Fsp3) is 0.562. The van der Waals surface area contributed by atoms with Gasteiger partial charge in [-0.25, -0.2) is 14.3 Å². The van der Waals surface area contributed by atoms with Gasteiger partial charge in [0.2, 0.25) is 0 Å². The van der Waals surface area contributed by atoms with Crippen LogP contribution in [-0.4, -0.2) is 44.4 Å². The van der Waals surface area contributed by atoms with Gasteiger partial charge < -0.3 is 4.90 Å². The molecule has 1 aliphatic carbocycles. The number of aromatic nitrogens is 3. The molecule has 2 aromatic heterocycles. The van der Waals surface area contributed by atoms with Gasteiger partial charge in [-0.05, 0) is 48.8 Å². The molecular formula is C16H21N5S. The zero-order valence-corrected chi connectivity index (χ0v) is 13.5. The van der Waals surface area contributed by atoms with E-state index in [1.807, 2.05) is 12.4 Å². The summed E-state index contributed by atoms with van der Waals surface area (Å²) in [5.41, 5.74) is 1.35. The first kappa shape index (κ1) is 14.1. The van der Waals surface area contributed by atoms with Crippen LogP contribution in [0.3, 0.4) is 0 Å². The number of rotatable bonds is 5. The van der Waals surface area contributed by atoms with Gasteiger partial charge in [0.05, 0.1) is 0 Å². The molecule has 5 nitrogen and oxygen atoms in total. The summed E-state index contributed by atoms with van der Waals surface area (Å²) in [4.78, 5) is 13.7. The monoisotopic (exact) mass is 315 g/mol. The molecular weight excluding hydrogens is 294 g/mol. The number of nitrogens with zero attached hydrogens (tertiary/aromatic N) is 5. The first-order chi connectivity index (χ1) is 10.9. The van der Waals surface area contributed by atoms with E-state index < -0.39 is 0 Å². The highest BCUT2D eigenvalue weighted by Gasteiger charge is 2.36. The van der Waals surface area contributed by atoms with Crippen molar-refractivity contribution in [2.75, 3.05) is 18.0 Å². The molecule has 116 valence electrons. The third-order valence-electron chi connectivity index (χ3n) is 4.61. The molecule has 3 heterocycles. The van der Waals surface area contributed by atoms with Gasteiger partial charge in [0.1, 0.15) is 12.1 Å². The Labute approximate surface area is 135 Å². The molecule has 2 aliphatic rings. The second kappa shape index (κ2) is 6.30. The van der Waals surface area contributed by atoms with E-state index >= 15 is 0 Å². The maximum Gasteiger partial charge on any atom is 0.132 e. The van der Waals surface area contributed by atoms with E-state index in [1.54, 1.807) is 17.9 Å². The van der Waals surface area contributed by atoms with E-state index in [2.05, 4.69) is 35.6 Å². The molecule has 0 amide bonds. The lowest BCUT2D eigenvalue weighted by molar-refractivity contribution is 0.200. The number of anilines is 1. The lowest BCUT2D eigenvalue weighted by atomic mass is 10.0. The Morgan fingerprint density at radius 1 is 1.18 bits per heavy atom. The fourth-order valence-corrected chi connectivity index (χ4v) is 3.91. The summed E-state index contributed by atoms with van der Waals surface area (Å²) in [5.74, 6) is 1.11. The zero-order valence-electron chi connectivity index (χ0n) is 12.6. The molecule has 2 aromatic rings. The minimum atomic E-state index is 0.624. The Kier molecular flexibility index (Phi) is 4.03. The third kappa shape index (κ3) is 3.13. The minimum absolute atomic E-state index is 0.624. The normalized spacial score (nSPS) is 20.2. The van der Waals surface area contributed by atoms with Crippen molar-refractivity contribution in [3.63, 3.8) is 0 Å². The summed E-state index contributed by atoms with van der Waals surface area (Å²) >= 11 is 1.54. The second-order valence-electron chi connectivity index (χ2n) is 6.25. The Balaban J connectivity index is 1.39. The quantitative estimate of drug-likeness (QED) is 0.848. The van der Waals surface area contributed by atoms with Crippen molar-refractivity contribution >= 4 is 17.4 Å². The number of hydrogen-bond donors (Lipinski definition) is 0. The Hall–Kier alpha value is -1.53. The summed E-state index contributed by atoms with van der Waals surface area (Å²) in [6, 6.07) is 3.38. The standard InChI is InChI=1S/C16H21N5S/c1-2-14(1)21(16-3-6-17-12-18-16)15-4-7-20(8-5-15)10-13-9-19-22-11-13/h3,6,9,11-12,14-15H,1-2,4-5,7-8,10H2. The average molecular weight is 315 g/mol. The first-order valence-electron chi connectivity index (χ1n) is 8.05.